The topological polar surface area (TPSA) is 90.4 Å². The number of carbonyl (C=O) groups is 1. The van der Waals surface area contributed by atoms with Gasteiger partial charge in [0.25, 0.3) is 0 Å². The molecular formula is C21H21N7O. The molecule has 1 aromatic carbocycles. The van der Waals surface area contributed by atoms with E-state index in [2.05, 4.69) is 39.0 Å². The molecule has 1 N–H and O–H groups in total. The van der Waals surface area contributed by atoms with Crippen molar-refractivity contribution in [2.45, 2.75) is 25.8 Å². The van der Waals surface area contributed by atoms with E-state index >= 15 is 0 Å². The highest BCUT2D eigenvalue weighted by Crippen LogP contribution is 2.33. The molecule has 0 fully saturated rings. The van der Waals surface area contributed by atoms with Crippen molar-refractivity contribution in [2.24, 2.45) is 4.99 Å². The van der Waals surface area contributed by atoms with Crippen molar-refractivity contribution in [2.75, 3.05) is 18.0 Å². The fourth-order valence-electron chi connectivity index (χ4n) is 3.86. The maximum atomic E-state index is 13.2. The SMILES string of the molecule is CCCN1C(=O)N2C[C@@H](Cc3ccccc3)N=C2c2[nH]c(-c3cnccn3)nc21. The molecule has 2 amide bonds. The van der Waals surface area contributed by atoms with Gasteiger partial charge in [0.15, 0.2) is 17.5 Å². The van der Waals surface area contributed by atoms with Crippen LogP contribution in [0.4, 0.5) is 10.6 Å². The molecule has 5 rings (SSSR count). The average molecular weight is 387 g/mol. The van der Waals surface area contributed by atoms with Crippen LogP contribution in [0.1, 0.15) is 24.6 Å². The molecule has 4 heterocycles. The second kappa shape index (κ2) is 7.12. The van der Waals surface area contributed by atoms with Crippen LogP contribution < -0.4 is 4.90 Å². The second-order valence-corrected chi connectivity index (χ2v) is 7.22. The summed E-state index contributed by atoms with van der Waals surface area (Å²) in [5.74, 6) is 1.88. The lowest BCUT2D eigenvalue weighted by molar-refractivity contribution is 0.226. The number of fused-ring (bicyclic) bond motifs is 3. The quantitative estimate of drug-likeness (QED) is 0.729. The second-order valence-electron chi connectivity index (χ2n) is 7.22. The number of anilines is 1. The van der Waals surface area contributed by atoms with E-state index in [1.165, 1.54) is 5.56 Å². The molecule has 2 aliphatic rings. The first-order valence-electron chi connectivity index (χ1n) is 9.82. The fourth-order valence-corrected chi connectivity index (χ4v) is 3.86. The van der Waals surface area contributed by atoms with Gasteiger partial charge in [-0.2, -0.15) is 0 Å². The van der Waals surface area contributed by atoms with Crippen molar-refractivity contribution >= 4 is 17.7 Å². The summed E-state index contributed by atoms with van der Waals surface area (Å²) in [5.41, 5.74) is 2.62. The van der Waals surface area contributed by atoms with E-state index in [1.54, 1.807) is 28.4 Å². The highest BCUT2D eigenvalue weighted by Gasteiger charge is 2.42. The molecule has 3 aromatic rings. The van der Waals surface area contributed by atoms with Gasteiger partial charge in [0.05, 0.1) is 18.8 Å². The Morgan fingerprint density at radius 2 is 2.07 bits per heavy atom. The smallest absolute Gasteiger partial charge is 0.331 e. The number of nitrogens with one attached hydrogen (secondary N) is 1. The molecule has 0 saturated heterocycles. The van der Waals surface area contributed by atoms with E-state index in [-0.39, 0.29) is 12.1 Å². The Labute approximate surface area is 168 Å². The average Bonchev–Trinajstić information content (AvgIpc) is 3.37. The molecule has 0 bridgehead atoms. The van der Waals surface area contributed by atoms with Gasteiger partial charge in [-0.1, -0.05) is 37.3 Å². The third-order valence-corrected chi connectivity index (χ3v) is 5.15. The lowest BCUT2D eigenvalue weighted by Crippen LogP contribution is -2.50. The molecule has 2 aromatic heterocycles. The number of nitrogens with zero attached hydrogens (tertiary/aromatic N) is 6. The lowest BCUT2D eigenvalue weighted by atomic mass is 10.1. The van der Waals surface area contributed by atoms with Crippen molar-refractivity contribution in [3.05, 3.63) is 60.2 Å². The normalized spacial score (nSPS) is 17.9. The van der Waals surface area contributed by atoms with Crippen LogP contribution in [0.5, 0.6) is 0 Å². The molecule has 29 heavy (non-hydrogen) atoms. The number of aromatic amines is 1. The number of amidine groups is 1. The van der Waals surface area contributed by atoms with Crippen molar-refractivity contribution in [1.29, 1.82) is 0 Å². The third-order valence-electron chi connectivity index (χ3n) is 5.15. The number of urea groups is 1. The third kappa shape index (κ3) is 3.06. The van der Waals surface area contributed by atoms with E-state index in [4.69, 9.17) is 4.99 Å². The Kier molecular flexibility index (Phi) is 4.31. The van der Waals surface area contributed by atoms with Gasteiger partial charge in [-0.25, -0.2) is 14.8 Å². The largest absolute Gasteiger partial charge is 0.332 e. The number of aromatic nitrogens is 4. The number of aliphatic imine (C=N–C) groups is 1. The monoisotopic (exact) mass is 387 g/mol. The van der Waals surface area contributed by atoms with E-state index in [9.17, 15) is 4.79 Å². The summed E-state index contributed by atoms with van der Waals surface area (Å²) in [4.78, 5) is 38.0. The van der Waals surface area contributed by atoms with E-state index < -0.39 is 0 Å². The number of benzene rings is 1. The van der Waals surface area contributed by atoms with Gasteiger partial charge < -0.3 is 4.98 Å². The number of amides is 2. The summed E-state index contributed by atoms with van der Waals surface area (Å²) in [6.07, 6.45) is 6.54. The molecule has 0 radical (unpaired) electrons. The van der Waals surface area contributed by atoms with Gasteiger partial charge in [0.2, 0.25) is 0 Å². The van der Waals surface area contributed by atoms with Crippen molar-refractivity contribution in [3.8, 4) is 11.5 Å². The molecule has 1 atom stereocenters. The van der Waals surface area contributed by atoms with E-state index in [1.807, 2.05) is 18.2 Å². The van der Waals surface area contributed by atoms with Crippen LogP contribution in [-0.2, 0) is 6.42 Å². The van der Waals surface area contributed by atoms with Gasteiger partial charge >= 0.3 is 6.03 Å². The zero-order chi connectivity index (χ0) is 19.8. The van der Waals surface area contributed by atoms with Crippen LogP contribution in [-0.4, -0.2) is 55.8 Å². The number of imidazole rings is 1. The number of carbonyl (C=O) groups excluding carboxylic acids is 1. The summed E-state index contributed by atoms with van der Waals surface area (Å²) in [7, 11) is 0. The number of hydrogen-bond acceptors (Lipinski definition) is 5. The van der Waals surface area contributed by atoms with Gasteiger partial charge in [-0.3, -0.25) is 19.8 Å². The maximum absolute atomic E-state index is 13.2. The van der Waals surface area contributed by atoms with Crippen molar-refractivity contribution < 1.29 is 4.79 Å². The first kappa shape index (κ1) is 17.5. The number of rotatable bonds is 5. The first-order valence-corrected chi connectivity index (χ1v) is 9.82. The van der Waals surface area contributed by atoms with Gasteiger partial charge in [0.1, 0.15) is 11.4 Å². The predicted molar refractivity (Wildman–Crippen MR) is 110 cm³/mol. The minimum Gasteiger partial charge on any atom is -0.332 e. The van der Waals surface area contributed by atoms with Crippen LogP contribution >= 0.6 is 0 Å². The predicted octanol–water partition coefficient (Wildman–Crippen LogP) is 2.89. The zero-order valence-corrected chi connectivity index (χ0v) is 16.1. The minimum atomic E-state index is -0.0640. The van der Waals surface area contributed by atoms with Gasteiger partial charge in [-0.05, 0) is 18.4 Å². The van der Waals surface area contributed by atoms with Crippen LogP contribution in [0.3, 0.4) is 0 Å². The zero-order valence-electron chi connectivity index (χ0n) is 16.1. The molecule has 0 aliphatic carbocycles. The molecule has 0 saturated carbocycles. The molecular weight excluding hydrogens is 366 g/mol. The van der Waals surface area contributed by atoms with Crippen LogP contribution in [0, 0.1) is 0 Å². The summed E-state index contributed by atoms with van der Waals surface area (Å²) >= 11 is 0. The van der Waals surface area contributed by atoms with E-state index in [0.717, 1.165) is 18.5 Å². The van der Waals surface area contributed by atoms with Crippen LogP contribution in [0.25, 0.3) is 11.5 Å². The van der Waals surface area contributed by atoms with Crippen molar-refractivity contribution in [1.82, 2.24) is 24.8 Å². The Balaban J connectivity index is 1.54. The molecule has 8 nitrogen and oxygen atoms in total. The van der Waals surface area contributed by atoms with E-state index in [0.29, 0.717) is 36.3 Å². The summed E-state index contributed by atoms with van der Waals surface area (Å²) in [6, 6.07) is 10.2. The summed E-state index contributed by atoms with van der Waals surface area (Å²) in [5, 5.41) is 0. The standard InChI is InChI=1S/C21H21N7O/c1-2-10-27-20-17(25-18(26-20)16-12-22-8-9-23-16)19-24-15(13-28(19)21(27)29)11-14-6-4-3-5-7-14/h3-9,12,15H,2,10-11,13H2,1H3,(H,25,26)/t15-/m1/s1. The van der Waals surface area contributed by atoms with Gasteiger partial charge in [-0.15, -0.1) is 0 Å². The molecule has 0 unspecified atom stereocenters. The van der Waals surface area contributed by atoms with Crippen molar-refractivity contribution in [3.63, 3.8) is 0 Å². The van der Waals surface area contributed by atoms with Crippen LogP contribution in [0.2, 0.25) is 0 Å². The molecule has 146 valence electrons. The van der Waals surface area contributed by atoms with Gasteiger partial charge in [0, 0.05) is 18.9 Å². The lowest BCUT2D eigenvalue weighted by Gasteiger charge is -2.32. The Morgan fingerprint density at radius 3 is 2.83 bits per heavy atom. The molecule has 2 aliphatic heterocycles. The van der Waals surface area contributed by atoms with Crippen LogP contribution in [0.15, 0.2) is 53.9 Å². The fraction of sp³-hybridized carbons (Fsp3) is 0.286. The Hall–Kier alpha value is -3.55. The maximum Gasteiger partial charge on any atom is 0.331 e. The molecule has 8 heteroatoms. The first-order chi connectivity index (χ1) is 14.2. The Bertz CT molecular complexity index is 1060. The number of H-pyrrole nitrogens is 1. The number of hydrogen-bond donors (Lipinski definition) is 1. The summed E-state index contributed by atoms with van der Waals surface area (Å²) < 4.78 is 0. The highest BCUT2D eigenvalue weighted by molar-refractivity contribution is 6.18. The Morgan fingerprint density at radius 1 is 1.21 bits per heavy atom. The highest BCUT2D eigenvalue weighted by atomic mass is 16.2. The summed E-state index contributed by atoms with van der Waals surface area (Å²) in [6.45, 7) is 3.22. The molecule has 0 spiro atoms. The minimum absolute atomic E-state index is 0.0223.